The third-order valence-corrected chi connectivity index (χ3v) is 3.83. The lowest BCUT2D eigenvalue weighted by atomic mass is 10.1. The zero-order valence-electron chi connectivity index (χ0n) is 11.3. The number of nitrogens with one attached hydrogen (secondary N) is 2. The quantitative estimate of drug-likeness (QED) is 0.632. The fourth-order valence-corrected chi connectivity index (χ4v) is 2.67. The predicted octanol–water partition coefficient (Wildman–Crippen LogP) is 2.01. The predicted molar refractivity (Wildman–Crippen MR) is 74.9 cm³/mol. The summed E-state index contributed by atoms with van der Waals surface area (Å²) in [7, 11) is 1.70. The lowest BCUT2D eigenvalue weighted by Gasteiger charge is -2.20. The molecular weight excluding hydrogens is 260 g/mol. The Hall–Kier alpha value is -1.89. The van der Waals surface area contributed by atoms with Gasteiger partial charge in [-0.2, -0.15) is 0 Å². The molecule has 7 heteroatoms. The second-order valence-electron chi connectivity index (χ2n) is 5.32. The Bertz CT molecular complexity index is 518. The monoisotopic (exact) mass is 278 g/mol. The van der Waals surface area contributed by atoms with Crippen LogP contribution in [0.15, 0.2) is 12.1 Å². The number of rotatable bonds is 5. The lowest BCUT2D eigenvalue weighted by Crippen LogP contribution is -2.31. The van der Waals surface area contributed by atoms with E-state index in [1.807, 2.05) is 0 Å². The molecule has 1 aliphatic carbocycles. The molecule has 2 aliphatic rings. The Morgan fingerprint density at radius 3 is 2.75 bits per heavy atom. The van der Waals surface area contributed by atoms with E-state index in [-0.39, 0.29) is 17.8 Å². The van der Waals surface area contributed by atoms with Crippen LogP contribution in [0.2, 0.25) is 0 Å². The van der Waals surface area contributed by atoms with E-state index in [9.17, 15) is 10.1 Å². The fraction of sp³-hybridized carbons (Fsp3) is 0.615. The summed E-state index contributed by atoms with van der Waals surface area (Å²) in [6, 6.07) is 3.10. The van der Waals surface area contributed by atoms with Crippen molar-refractivity contribution in [3.63, 3.8) is 0 Å². The number of nitrogens with zero attached hydrogens (tertiary/aromatic N) is 2. The van der Waals surface area contributed by atoms with Crippen LogP contribution in [-0.2, 0) is 4.74 Å². The standard InChI is InChI=1S/C13H18N4O3/c1-14-11-6-9(17(18)19)7-12(16-11)15-10-4-5-20-13(10)8-2-3-8/h6-8,10,13H,2-5H2,1H3,(H2,14,15,16). The van der Waals surface area contributed by atoms with Crippen LogP contribution in [0.25, 0.3) is 0 Å². The van der Waals surface area contributed by atoms with Gasteiger partial charge in [-0.3, -0.25) is 10.1 Å². The Morgan fingerprint density at radius 1 is 1.35 bits per heavy atom. The summed E-state index contributed by atoms with van der Waals surface area (Å²) >= 11 is 0. The highest BCUT2D eigenvalue weighted by atomic mass is 16.6. The highest BCUT2D eigenvalue weighted by Gasteiger charge is 2.40. The van der Waals surface area contributed by atoms with Crippen LogP contribution in [-0.4, -0.2) is 35.7 Å². The summed E-state index contributed by atoms with van der Waals surface area (Å²) in [6.07, 6.45) is 3.56. The molecule has 2 N–H and O–H groups in total. The minimum Gasteiger partial charge on any atom is -0.376 e. The number of anilines is 2. The van der Waals surface area contributed by atoms with E-state index in [1.54, 1.807) is 7.05 Å². The summed E-state index contributed by atoms with van der Waals surface area (Å²) in [5, 5.41) is 17.1. The minimum atomic E-state index is -0.406. The Labute approximate surface area is 116 Å². The molecule has 7 nitrogen and oxygen atoms in total. The molecule has 1 aromatic heterocycles. The first-order valence-corrected chi connectivity index (χ1v) is 6.90. The molecule has 2 unspecified atom stereocenters. The SMILES string of the molecule is CNc1cc([N+](=O)[O-])cc(NC2CCOC2C2CC2)n1. The van der Waals surface area contributed by atoms with Crippen molar-refractivity contribution in [2.24, 2.45) is 5.92 Å². The summed E-state index contributed by atoms with van der Waals surface area (Å²) in [5.41, 5.74) is 0.0359. The molecule has 2 fully saturated rings. The molecule has 1 aromatic rings. The largest absolute Gasteiger partial charge is 0.376 e. The van der Waals surface area contributed by atoms with E-state index in [1.165, 1.54) is 25.0 Å². The van der Waals surface area contributed by atoms with Crippen molar-refractivity contribution < 1.29 is 9.66 Å². The van der Waals surface area contributed by atoms with Crippen LogP contribution in [0.3, 0.4) is 0 Å². The van der Waals surface area contributed by atoms with Crippen LogP contribution < -0.4 is 10.6 Å². The van der Waals surface area contributed by atoms with Crippen molar-refractivity contribution in [2.45, 2.75) is 31.4 Å². The highest BCUT2D eigenvalue weighted by Crippen LogP contribution is 2.39. The Morgan fingerprint density at radius 2 is 2.10 bits per heavy atom. The van der Waals surface area contributed by atoms with Gasteiger partial charge in [-0.15, -0.1) is 0 Å². The molecule has 108 valence electrons. The molecule has 1 aliphatic heterocycles. The van der Waals surface area contributed by atoms with Gasteiger partial charge >= 0.3 is 0 Å². The number of ether oxygens (including phenoxy) is 1. The van der Waals surface area contributed by atoms with Crippen molar-refractivity contribution >= 4 is 17.3 Å². The molecule has 20 heavy (non-hydrogen) atoms. The van der Waals surface area contributed by atoms with Crippen LogP contribution in [0.4, 0.5) is 17.3 Å². The van der Waals surface area contributed by atoms with Gasteiger partial charge in [0.15, 0.2) is 0 Å². The highest BCUT2D eigenvalue weighted by molar-refractivity contribution is 5.55. The molecule has 0 radical (unpaired) electrons. The third kappa shape index (κ3) is 2.67. The Kier molecular flexibility index (Phi) is 3.43. The van der Waals surface area contributed by atoms with E-state index in [4.69, 9.17) is 4.74 Å². The average Bonchev–Trinajstić information content (AvgIpc) is 3.19. The number of hydrogen-bond donors (Lipinski definition) is 2. The molecule has 1 saturated heterocycles. The third-order valence-electron chi connectivity index (χ3n) is 3.83. The van der Waals surface area contributed by atoms with Gasteiger partial charge in [-0.25, -0.2) is 4.98 Å². The zero-order chi connectivity index (χ0) is 14.1. The maximum Gasteiger partial charge on any atom is 0.276 e. The first-order valence-electron chi connectivity index (χ1n) is 6.90. The first-order chi connectivity index (χ1) is 9.67. The average molecular weight is 278 g/mol. The van der Waals surface area contributed by atoms with Crippen molar-refractivity contribution in [1.29, 1.82) is 0 Å². The summed E-state index contributed by atoms with van der Waals surface area (Å²) in [5.74, 6) is 1.66. The van der Waals surface area contributed by atoms with Crippen molar-refractivity contribution in [3.05, 3.63) is 22.2 Å². The lowest BCUT2D eigenvalue weighted by molar-refractivity contribution is -0.384. The fourth-order valence-electron chi connectivity index (χ4n) is 2.67. The number of nitro groups is 1. The number of hydrogen-bond acceptors (Lipinski definition) is 6. The van der Waals surface area contributed by atoms with Gasteiger partial charge in [0.1, 0.15) is 11.6 Å². The molecule has 1 saturated carbocycles. The molecule has 0 aromatic carbocycles. The Balaban J connectivity index is 1.78. The second kappa shape index (κ2) is 5.24. The second-order valence-corrected chi connectivity index (χ2v) is 5.32. The molecule has 3 rings (SSSR count). The van der Waals surface area contributed by atoms with E-state index in [2.05, 4.69) is 15.6 Å². The van der Waals surface area contributed by atoms with Crippen LogP contribution in [0.1, 0.15) is 19.3 Å². The van der Waals surface area contributed by atoms with Gasteiger partial charge in [0.25, 0.3) is 5.69 Å². The smallest absolute Gasteiger partial charge is 0.276 e. The van der Waals surface area contributed by atoms with E-state index in [0.29, 0.717) is 17.6 Å². The minimum absolute atomic E-state index is 0.0359. The van der Waals surface area contributed by atoms with Crippen molar-refractivity contribution in [2.75, 3.05) is 24.3 Å². The molecular formula is C13H18N4O3. The molecule has 2 atom stereocenters. The van der Waals surface area contributed by atoms with Gasteiger partial charge in [-0.1, -0.05) is 0 Å². The zero-order valence-corrected chi connectivity index (χ0v) is 11.3. The van der Waals surface area contributed by atoms with E-state index < -0.39 is 4.92 Å². The number of pyridine rings is 1. The van der Waals surface area contributed by atoms with Gasteiger partial charge < -0.3 is 15.4 Å². The topological polar surface area (TPSA) is 89.3 Å². The summed E-state index contributed by atoms with van der Waals surface area (Å²) < 4.78 is 5.76. The normalized spacial score (nSPS) is 25.4. The molecule has 0 bridgehead atoms. The van der Waals surface area contributed by atoms with Crippen molar-refractivity contribution in [3.8, 4) is 0 Å². The van der Waals surface area contributed by atoms with Gasteiger partial charge in [0, 0.05) is 13.7 Å². The summed E-state index contributed by atoms with van der Waals surface area (Å²) in [4.78, 5) is 14.9. The van der Waals surface area contributed by atoms with Crippen LogP contribution in [0.5, 0.6) is 0 Å². The molecule has 0 amide bonds. The molecule has 0 spiro atoms. The van der Waals surface area contributed by atoms with Crippen LogP contribution in [0, 0.1) is 16.0 Å². The van der Waals surface area contributed by atoms with Crippen LogP contribution >= 0.6 is 0 Å². The number of aromatic nitrogens is 1. The maximum atomic E-state index is 10.9. The summed E-state index contributed by atoms with van der Waals surface area (Å²) in [6.45, 7) is 0.743. The van der Waals surface area contributed by atoms with E-state index >= 15 is 0 Å². The maximum absolute atomic E-state index is 10.9. The van der Waals surface area contributed by atoms with Crippen molar-refractivity contribution in [1.82, 2.24) is 4.98 Å². The first kappa shape index (κ1) is 13.1. The van der Waals surface area contributed by atoms with Gasteiger partial charge in [0.05, 0.1) is 29.2 Å². The van der Waals surface area contributed by atoms with Gasteiger partial charge in [-0.05, 0) is 25.2 Å². The van der Waals surface area contributed by atoms with Gasteiger partial charge in [0.2, 0.25) is 0 Å². The van der Waals surface area contributed by atoms with E-state index in [0.717, 1.165) is 13.0 Å². The molecule has 2 heterocycles.